The minimum atomic E-state index is -3.66. The third-order valence-corrected chi connectivity index (χ3v) is 5.88. The van der Waals surface area contributed by atoms with E-state index in [2.05, 4.69) is 19.2 Å². The van der Waals surface area contributed by atoms with E-state index in [0.717, 1.165) is 12.0 Å². The van der Waals surface area contributed by atoms with Gasteiger partial charge in [0.05, 0.1) is 4.90 Å². The van der Waals surface area contributed by atoms with Crippen molar-refractivity contribution in [2.24, 2.45) is 17.0 Å². The maximum Gasteiger partial charge on any atom is 0.238 e. The molecule has 128 valence electrons. The minimum absolute atomic E-state index is 0.0615. The average Bonchev–Trinajstić information content (AvgIpc) is 2.49. The van der Waals surface area contributed by atoms with Gasteiger partial charge in [0.25, 0.3) is 0 Å². The number of rotatable bonds is 5. The van der Waals surface area contributed by atoms with Crippen LogP contribution in [0.2, 0.25) is 0 Å². The van der Waals surface area contributed by atoms with E-state index in [1.54, 1.807) is 12.1 Å². The van der Waals surface area contributed by atoms with Gasteiger partial charge in [0.1, 0.15) is 0 Å². The molecule has 0 bridgehead atoms. The van der Waals surface area contributed by atoms with Crippen LogP contribution >= 0.6 is 0 Å². The molecule has 5 nitrogen and oxygen atoms in total. The third-order valence-electron chi connectivity index (χ3n) is 4.95. The molecule has 1 aromatic rings. The van der Waals surface area contributed by atoms with E-state index >= 15 is 0 Å². The molecule has 0 unspecified atom stereocenters. The van der Waals surface area contributed by atoms with E-state index < -0.39 is 10.0 Å². The van der Waals surface area contributed by atoms with Gasteiger partial charge in [-0.2, -0.15) is 0 Å². The molecular weight excluding hydrogens is 312 g/mol. The van der Waals surface area contributed by atoms with Crippen molar-refractivity contribution < 1.29 is 13.2 Å². The smallest absolute Gasteiger partial charge is 0.238 e. The molecule has 0 radical (unpaired) electrons. The number of aryl methyl sites for hydroxylation is 1. The van der Waals surface area contributed by atoms with Gasteiger partial charge in [-0.15, -0.1) is 0 Å². The number of hydrogen-bond donors (Lipinski definition) is 2. The van der Waals surface area contributed by atoms with Crippen molar-refractivity contribution in [2.75, 3.05) is 0 Å². The van der Waals surface area contributed by atoms with Crippen LogP contribution in [0.5, 0.6) is 0 Å². The second kappa shape index (κ2) is 7.45. The fourth-order valence-corrected chi connectivity index (χ4v) is 3.68. The van der Waals surface area contributed by atoms with Gasteiger partial charge in [0.2, 0.25) is 15.9 Å². The molecule has 0 heterocycles. The van der Waals surface area contributed by atoms with Crippen molar-refractivity contribution in [1.82, 2.24) is 5.32 Å². The van der Waals surface area contributed by atoms with Crippen LogP contribution in [0, 0.1) is 11.8 Å². The Hall–Kier alpha value is -1.40. The zero-order valence-electron chi connectivity index (χ0n) is 13.8. The summed E-state index contributed by atoms with van der Waals surface area (Å²) in [5, 5.41) is 8.22. The maximum atomic E-state index is 12.1. The zero-order chi connectivity index (χ0) is 17.0. The van der Waals surface area contributed by atoms with Gasteiger partial charge in [0.15, 0.2) is 0 Å². The van der Waals surface area contributed by atoms with Crippen molar-refractivity contribution >= 4 is 15.9 Å². The van der Waals surface area contributed by atoms with Crippen molar-refractivity contribution in [3.63, 3.8) is 0 Å². The summed E-state index contributed by atoms with van der Waals surface area (Å²) in [7, 11) is -3.66. The lowest BCUT2D eigenvalue weighted by molar-refractivity contribution is -0.122. The summed E-state index contributed by atoms with van der Waals surface area (Å²) < 4.78 is 22.4. The largest absolute Gasteiger partial charge is 0.353 e. The fourth-order valence-electron chi connectivity index (χ4n) is 3.17. The van der Waals surface area contributed by atoms with Gasteiger partial charge in [-0.05, 0) is 42.4 Å². The Morgan fingerprint density at radius 3 is 2.48 bits per heavy atom. The van der Waals surface area contributed by atoms with Gasteiger partial charge in [-0.25, -0.2) is 13.6 Å². The zero-order valence-corrected chi connectivity index (χ0v) is 14.6. The van der Waals surface area contributed by atoms with E-state index in [1.165, 1.54) is 25.0 Å². The van der Waals surface area contributed by atoms with Crippen LogP contribution in [0.3, 0.4) is 0 Å². The second-order valence-electron chi connectivity index (χ2n) is 6.63. The molecule has 0 aromatic heterocycles. The molecule has 1 amide bonds. The lowest BCUT2D eigenvalue weighted by Crippen LogP contribution is -2.43. The topological polar surface area (TPSA) is 89.3 Å². The summed E-state index contributed by atoms with van der Waals surface area (Å²) in [4.78, 5) is 12.2. The molecule has 3 atom stereocenters. The number of hydrogen-bond acceptors (Lipinski definition) is 3. The molecule has 0 saturated heterocycles. The Bertz CT molecular complexity index is 640. The summed E-state index contributed by atoms with van der Waals surface area (Å²) in [6, 6.07) is 6.65. The Kier molecular flexibility index (Phi) is 5.81. The number of nitrogens with two attached hydrogens (primary N) is 1. The van der Waals surface area contributed by atoms with Gasteiger partial charge in [0, 0.05) is 12.5 Å². The molecular formula is C17H26N2O3S. The SMILES string of the molecule is C[C@@H]1[C@H](C)CCC[C@@H]1NC(=O)CCc1ccc(S(N)(=O)=O)cc1. The first-order valence-electron chi connectivity index (χ1n) is 8.18. The Morgan fingerprint density at radius 2 is 1.87 bits per heavy atom. The van der Waals surface area contributed by atoms with E-state index in [4.69, 9.17) is 5.14 Å². The van der Waals surface area contributed by atoms with Crippen LogP contribution in [0.4, 0.5) is 0 Å². The highest BCUT2D eigenvalue weighted by molar-refractivity contribution is 7.89. The number of primary sulfonamides is 1. The summed E-state index contributed by atoms with van der Waals surface area (Å²) in [6.07, 6.45) is 4.47. The third kappa shape index (κ3) is 5.04. The standard InChI is InChI=1S/C17H26N2O3S/c1-12-4-3-5-16(13(12)2)19-17(20)11-8-14-6-9-15(10-7-14)23(18,21)22/h6-7,9-10,12-13,16H,3-5,8,11H2,1-2H3,(H,19,20)(H2,18,21,22)/t12-,13-,16+/m1/s1. The summed E-state index contributed by atoms with van der Waals surface area (Å²) in [5.41, 5.74) is 0.928. The first kappa shape index (κ1) is 17.9. The lowest BCUT2D eigenvalue weighted by Gasteiger charge is -2.34. The lowest BCUT2D eigenvalue weighted by atomic mass is 9.78. The summed E-state index contributed by atoms with van der Waals surface area (Å²) in [6.45, 7) is 4.46. The molecule has 23 heavy (non-hydrogen) atoms. The average molecular weight is 338 g/mol. The van der Waals surface area contributed by atoms with Crippen LogP contribution < -0.4 is 10.5 Å². The van der Waals surface area contributed by atoms with E-state index in [1.807, 2.05) is 0 Å². The molecule has 0 spiro atoms. The molecule has 3 N–H and O–H groups in total. The van der Waals surface area contributed by atoms with Gasteiger partial charge in [-0.3, -0.25) is 4.79 Å². The second-order valence-corrected chi connectivity index (χ2v) is 8.19. The first-order chi connectivity index (χ1) is 10.8. The van der Waals surface area contributed by atoms with Crippen LogP contribution in [0.25, 0.3) is 0 Å². The van der Waals surface area contributed by atoms with Crippen molar-refractivity contribution in [2.45, 2.75) is 56.9 Å². The number of nitrogens with one attached hydrogen (secondary N) is 1. The highest BCUT2D eigenvalue weighted by Gasteiger charge is 2.27. The maximum absolute atomic E-state index is 12.1. The highest BCUT2D eigenvalue weighted by atomic mass is 32.2. The predicted molar refractivity (Wildman–Crippen MR) is 90.2 cm³/mol. The van der Waals surface area contributed by atoms with Crippen molar-refractivity contribution in [3.8, 4) is 0 Å². The van der Waals surface area contributed by atoms with Crippen LogP contribution in [0.15, 0.2) is 29.2 Å². The Morgan fingerprint density at radius 1 is 1.22 bits per heavy atom. The number of sulfonamides is 1. The molecule has 0 aliphatic heterocycles. The molecule has 2 rings (SSSR count). The predicted octanol–water partition coefficient (Wildman–Crippen LogP) is 2.21. The molecule has 1 aliphatic rings. The van der Waals surface area contributed by atoms with Gasteiger partial charge in [-0.1, -0.05) is 38.8 Å². The van der Waals surface area contributed by atoms with Crippen LogP contribution in [-0.4, -0.2) is 20.4 Å². The van der Waals surface area contributed by atoms with Gasteiger partial charge < -0.3 is 5.32 Å². The number of carbonyl (C=O) groups excluding carboxylic acids is 1. The molecule has 1 aromatic carbocycles. The monoisotopic (exact) mass is 338 g/mol. The Labute approximate surface area is 138 Å². The minimum Gasteiger partial charge on any atom is -0.353 e. The molecule has 6 heteroatoms. The normalized spacial score (nSPS) is 25.1. The van der Waals surface area contributed by atoms with Crippen molar-refractivity contribution in [3.05, 3.63) is 29.8 Å². The van der Waals surface area contributed by atoms with Gasteiger partial charge >= 0.3 is 0 Å². The van der Waals surface area contributed by atoms with E-state index in [0.29, 0.717) is 24.7 Å². The first-order valence-corrected chi connectivity index (χ1v) is 9.73. The highest BCUT2D eigenvalue weighted by Crippen LogP contribution is 2.29. The number of amides is 1. The fraction of sp³-hybridized carbons (Fsp3) is 0.588. The Balaban J connectivity index is 1.84. The molecule has 1 fully saturated rings. The summed E-state index contributed by atoms with van der Waals surface area (Å²) >= 11 is 0. The molecule has 1 aliphatic carbocycles. The van der Waals surface area contributed by atoms with Crippen LogP contribution in [0.1, 0.15) is 45.1 Å². The van der Waals surface area contributed by atoms with Crippen LogP contribution in [-0.2, 0) is 21.2 Å². The van der Waals surface area contributed by atoms with E-state index in [9.17, 15) is 13.2 Å². The number of benzene rings is 1. The van der Waals surface area contributed by atoms with Crippen molar-refractivity contribution in [1.29, 1.82) is 0 Å². The molecule has 1 saturated carbocycles. The summed E-state index contributed by atoms with van der Waals surface area (Å²) in [5.74, 6) is 1.23. The number of carbonyl (C=O) groups is 1. The van der Waals surface area contributed by atoms with E-state index in [-0.39, 0.29) is 16.8 Å². The quantitative estimate of drug-likeness (QED) is 0.862.